The summed E-state index contributed by atoms with van der Waals surface area (Å²) in [5.41, 5.74) is 4.03. The van der Waals surface area contributed by atoms with Gasteiger partial charge in [0.05, 0.1) is 0 Å². The summed E-state index contributed by atoms with van der Waals surface area (Å²) in [6.45, 7) is 3.44. The minimum Gasteiger partial charge on any atom is -0.385 e. The summed E-state index contributed by atoms with van der Waals surface area (Å²) in [6.07, 6.45) is 2.25. The van der Waals surface area contributed by atoms with Gasteiger partial charge in [-0.2, -0.15) is 0 Å². The molecule has 1 aliphatic heterocycles. The fourth-order valence-corrected chi connectivity index (χ4v) is 2.63. The van der Waals surface area contributed by atoms with Gasteiger partial charge in [0.1, 0.15) is 0 Å². The molecule has 2 heteroatoms. The fourth-order valence-electron chi connectivity index (χ4n) is 2.63. The second kappa shape index (κ2) is 6.58. The molecule has 0 amide bonds. The van der Waals surface area contributed by atoms with Crippen molar-refractivity contribution in [2.24, 2.45) is 5.92 Å². The van der Waals surface area contributed by atoms with Gasteiger partial charge in [-0.1, -0.05) is 48.5 Å². The summed E-state index contributed by atoms with van der Waals surface area (Å²) in [5, 5.41) is 6.93. The van der Waals surface area contributed by atoms with E-state index in [0.29, 0.717) is 0 Å². The highest BCUT2D eigenvalue weighted by molar-refractivity contribution is 5.52. The average Bonchev–Trinajstić information content (AvgIpc) is 2.44. The monoisotopic (exact) mass is 266 g/mol. The van der Waals surface area contributed by atoms with E-state index >= 15 is 0 Å². The second-order valence-corrected chi connectivity index (χ2v) is 5.56. The van der Waals surface area contributed by atoms with Crippen molar-refractivity contribution in [2.75, 3.05) is 25.0 Å². The first-order chi connectivity index (χ1) is 9.92. The van der Waals surface area contributed by atoms with Gasteiger partial charge >= 0.3 is 0 Å². The van der Waals surface area contributed by atoms with Crippen molar-refractivity contribution in [2.45, 2.75) is 12.8 Å². The van der Waals surface area contributed by atoms with Gasteiger partial charge in [-0.25, -0.2) is 0 Å². The van der Waals surface area contributed by atoms with Crippen molar-refractivity contribution in [3.8, 4) is 0 Å². The fraction of sp³-hybridized carbons (Fsp3) is 0.333. The molecule has 0 aromatic heterocycles. The first-order valence-electron chi connectivity index (χ1n) is 7.48. The number of para-hydroxylation sites is 1. The molecule has 2 aromatic carbocycles. The maximum absolute atomic E-state index is 3.60. The second-order valence-electron chi connectivity index (χ2n) is 5.56. The molecule has 0 spiro atoms. The highest BCUT2D eigenvalue weighted by Crippen LogP contribution is 2.19. The van der Waals surface area contributed by atoms with Crippen LogP contribution in [0.5, 0.6) is 0 Å². The summed E-state index contributed by atoms with van der Waals surface area (Å²) >= 11 is 0. The van der Waals surface area contributed by atoms with E-state index in [-0.39, 0.29) is 0 Å². The highest BCUT2D eigenvalue weighted by Gasteiger charge is 2.15. The Morgan fingerprint density at radius 2 is 1.70 bits per heavy atom. The zero-order chi connectivity index (χ0) is 13.6. The molecule has 0 unspecified atom stereocenters. The molecule has 0 aliphatic carbocycles. The molecule has 1 saturated heterocycles. The Kier molecular flexibility index (Phi) is 4.34. The van der Waals surface area contributed by atoms with Crippen molar-refractivity contribution >= 4 is 5.69 Å². The molecule has 0 saturated carbocycles. The van der Waals surface area contributed by atoms with Gasteiger partial charge in [-0.15, -0.1) is 0 Å². The topological polar surface area (TPSA) is 24.1 Å². The van der Waals surface area contributed by atoms with Gasteiger partial charge in [-0.05, 0) is 49.0 Å². The third kappa shape index (κ3) is 3.40. The summed E-state index contributed by atoms with van der Waals surface area (Å²) in [4.78, 5) is 0. The van der Waals surface area contributed by atoms with Crippen LogP contribution in [0.15, 0.2) is 54.6 Å². The Morgan fingerprint density at radius 1 is 0.950 bits per heavy atom. The van der Waals surface area contributed by atoms with Gasteiger partial charge < -0.3 is 10.6 Å². The SMILES string of the molecule is c1ccc(Cc2ccccc2NCCC2CNC2)cc1. The summed E-state index contributed by atoms with van der Waals surface area (Å²) in [5.74, 6) is 0.865. The zero-order valence-corrected chi connectivity index (χ0v) is 11.8. The van der Waals surface area contributed by atoms with E-state index < -0.39 is 0 Å². The van der Waals surface area contributed by atoms with Crippen LogP contribution in [0.1, 0.15) is 17.5 Å². The number of hydrogen-bond donors (Lipinski definition) is 2. The van der Waals surface area contributed by atoms with Gasteiger partial charge in [0.2, 0.25) is 0 Å². The zero-order valence-electron chi connectivity index (χ0n) is 11.8. The molecule has 104 valence electrons. The van der Waals surface area contributed by atoms with E-state index in [1.165, 1.54) is 36.3 Å². The molecule has 3 rings (SSSR count). The lowest BCUT2D eigenvalue weighted by atomic mass is 9.99. The van der Waals surface area contributed by atoms with Crippen LogP contribution in [0.4, 0.5) is 5.69 Å². The van der Waals surface area contributed by atoms with Crippen LogP contribution in [-0.2, 0) is 6.42 Å². The molecule has 1 fully saturated rings. The van der Waals surface area contributed by atoms with Crippen molar-refractivity contribution in [3.63, 3.8) is 0 Å². The number of nitrogens with one attached hydrogen (secondary N) is 2. The van der Waals surface area contributed by atoms with Crippen LogP contribution in [0.25, 0.3) is 0 Å². The normalized spacial score (nSPS) is 14.8. The molecular formula is C18H22N2. The molecule has 0 radical (unpaired) electrons. The molecule has 0 bridgehead atoms. The number of rotatable bonds is 6. The van der Waals surface area contributed by atoms with E-state index in [9.17, 15) is 0 Å². The predicted molar refractivity (Wildman–Crippen MR) is 85.2 cm³/mol. The summed E-state index contributed by atoms with van der Waals surface area (Å²) in [7, 11) is 0. The van der Waals surface area contributed by atoms with Crippen LogP contribution in [-0.4, -0.2) is 19.6 Å². The lowest BCUT2D eigenvalue weighted by molar-refractivity contribution is 0.334. The minimum atomic E-state index is 0.865. The Labute approximate surface area is 121 Å². The lowest BCUT2D eigenvalue weighted by Gasteiger charge is -2.27. The maximum atomic E-state index is 3.60. The molecule has 20 heavy (non-hydrogen) atoms. The first-order valence-corrected chi connectivity index (χ1v) is 7.48. The molecular weight excluding hydrogens is 244 g/mol. The smallest absolute Gasteiger partial charge is 0.0376 e. The van der Waals surface area contributed by atoms with E-state index in [2.05, 4.69) is 65.2 Å². The number of hydrogen-bond acceptors (Lipinski definition) is 2. The van der Waals surface area contributed by atoms with Crippen LogP contribution < -0.4 is 10.6 Å². The predicted octanol–water partition coefficient (Wildman–Crippen LogP) is 3.30. The Hall–Kier alpha value is -1.80. The third-order valence-electron chi connectivity index (χ3n) is 3.99. The summed E-state index contributed by atoms with van der Waals surface area (Å²) in [6, 6.07) is 19.3. The molecule has 0 atom stereocenters. The number of anilines is 1. The third-order valence-corrected chi connectivity index (χ3v) is 3.99. The van der Waals surface area contributed by atoms with Crippen LogP contribution >= 0.6 is 0 Å². The van der Waals surface area contributed by atoms with Gasteiger partial charge in [0.25, 0.3) is 0 Å². The van der Waals surface area contributed by atoms with E-state index in [1.807, 2.05) is 0 Å². The number of benzene rings is 2. The standard InChI is InChI=1S/C18H22N2/c1-2-6-15(7-3-1)12-17-8-4-5-9-18(17)20-11-10-16-13-19-14-16/h1-9,16,19-20H,10-14H2. The van der Waals surface area contributed by atoms with Crippen molar-refractivity contribution in [1.29, 1.82) is 0 Å². The van der Waals surface area contributed by atoms with Crippen LogP contribution in [0.2, 0.25) is 0 Å². The molecule has 1 heterocycles. The van der Waals surface area contributed by atoms with E-state index in [4.69, 9.17) is 0 Å². The van der Waals surface area contributed by atoms with Gasteiger partial charge in [0.15, 0.2) is 0 Å². The molecule has 2 aromatic rings. The molecule has 2 N–H and O–H groups in total. The minimum absolute atomic E-state index is 0.865. The van der Waals surface area contributed by atoms with Crippen molar-refractivity contribution in [1.82, 2.24) is 5.32 Å². The molecule has 2 nitrogen and oxygen atoms in total. The van der Waals surface area contributed by atoms with Gasteiger partial charge in [-0.3, -0.25) is 0 Å². The lowest BCUT2D eigenvalue weighted by Crippen LogP contribution is -2.42. The van der Waals surface area contributed by atoms with E-state index in [1.54, 1.807) is 0 Å². The summed E-state index contributed by atoms with van der Waals surface area (Å²) < 4.78 is 0. The quantitative estimate of drug-likeness (QED) is 0.838. The van der Waals surface area contributed by atoms with E-state index in [0.717, 1.165) is 18.9 Å². The first kappa shape index (κ1) is 13.2. The van der Waals surface area contributed by atoms with Gasteiger partial charge in [0, 0.05) is 12.2 Å². The Morgan fingerprint density at radius 3 is 2.45 bits per heavy atom. The van der Waals surface area contributed by atoms with Crippen molar-refractivity contribution in [3.05, 3.63) is 65.7 Å². The van der Waals surface area contributed by atoms with Crippen molar-refractivity contribution < 1.29 is 0 Å². The maximum Gasteiger partial charge on any atom is 0.0376 e. The largest absolute Gasteiger partial charge is 0.385 e. The average molecular weight is 266 g/mol. The Bertz CT molecular complexity index is 532. The highest BCUT2D eigenvalue weighted by atomic mass is 15.0. The van der Waals surface area contributed by atoms with Crippen LogP contribution in [0, 0.1) is 5.92 Å². The van der Waals surface area contributed by atoms with Crippen LogP contribution in [0.3, 0.4) is 0 Å². The molecule has 1 aliphatic rings. The Balaban J connectivity index is 1.61.